The highest BCUT2D eigenvalue weighted by Gasteiger charge is 2.14. The smallest absolute Gasteiger partial charge is 0.335 e. The van der Waals surface area contributed by atoms with Crippen LogP contribution in [0.1, 0.15) is 15.9 Å². The van der Waals surface area contributed by atoms with Crippen LogP contribution in [0.15, 0.2) is 42.6 Å². The van der Waals surface area contributed by atoms with Crippen LogP contribution in [-0.4, -0.2) is 16.1 Å². The van der Waals surface area contributed by atoms with Crippen molar-refractivity contribution in [3.8, 4) is 11.1 Å². The summed E-state index contributed by atoms with van der Waals surface area (Å²) in [7, 11) is 0. The molecule has 3 rings (SSSR count). The van der Waals surface area contributed by atoms with E-state index < -0.39 is 11.8 Å². The number of carboxylic acid groups (broad SMARTS) is 1. The number of nitrogens with zero attached hydrogens (tertiary/aromatic N) is 1. The summed E-state index contributed by atoms with van der Waals surface area (Å²) in [5, 5.41) is 10.2. The Kier molecular flexibility index (Phi) is 3.54. The third-order valence-electron chi connectivity index (χ3n) is 3.50. The summed E-state index contributed by atoms with van der Waals surface area (Å²) in [6.07, 6.45) is 1.60. The maximum atomic E-state index is 13.6. The van der Waals surface area contributed by atoms with E-state index in [0.29, 0.717) is 27.1 Å². The van der Waals surface area contributed by atoms with Gasteiger partial charge in [-0.05, 0) is 54.4 Å². The Hall–Kier alpha value is -2.46. The molecule has 0 aliphatic heterocycles. The minimum absolute atomic E-state index is 0.159. The number of aryl methyl sites for hydroxylation is 1. The number of hydrogen-bond acceptors (Lipinski definition) is 2. The lowest BCUT2D eigenvalue weighted by Gasteiger charge is -2.11. The lowest BCUT2D eigenvalue weighted by molar-refractivity contribution is 0.0697. The van der Waals surface area contributed by atoms with Crippen LogP contribution < -0.4 is 0 Å². The summed E-state index contributed by atoms with van der Waals surface area (Å²) in [4.78, 5) is 15.5. The number of carboxylic acids is 1. The Balaban J connectivity index is 2.39. The van der Waals surface area contributed by atoms with Crippen molar-refractivity contribution in [1.29, 1.82) is 0 Å². The zero-order chi connectivity index (χ0) is 15.9. The van der Waals surface area contributed by atoms with E-state index >= 15 is 0 Å². The molecule has 5 heteroatoms. The van der Waals surface area contributed by atoms with Gasteiger partial charge in [-0.1, -0.05) is 11.6 Å². The Labute approximate surface area is 131 Å². The molecule has 1 N–H and O–H groups in total. The van der Waals surface area contributed by atoms with Gasteiger partial charge in [0.1, 0.15) is 5.82 Å². The van der Waals surface area contributed by atoms with E-state index in [4.69, 9.17) is 11.6 Å². The van der Waals surface area contributed by atoms with Crippen molar-refractivity contribution in [3.05, 3.63) is 64.6 Å². The minimum Gasteiger partial charge on any atom is -0.478 e. The maximum Gasteiger partial charge on any atom is 0.335 e. The molecular formula is C17H11ClFNO2. The lowest BCUT2D eigenvalue weighted by atomic mass is 9.97. The predicted octanol–water partition coefficient (Wildman–Crippen LogP) is 4.70. The second-order valence-electron chi connectivity index (χ2n) is 4.98. The average Bonchev–Trinajstić information content (AvgIpc) is 2.49. The SMILES string of the molecule is Cc1cc(C(=O)O)cc2c(-c3cc(F)ccc3Cl)ccnc12. The zero-order valence-corrected chi connectivity index (χ0v) is 12.4. The fraction of sp³-hybridized carbons (Fsp3) is 0.0588. The van der Waals surface area contributed by atoms with Gasteiger partial charge in [0.25, 0.3) is 0 Å². The zero-order valence-electron chi connectivity index (χ0n) is 11.6. The highest BCUT2D eigenvalue weighted by molar-refractivity contribution is 6.33. The third-order valence-corrected chi connectivity index (χ3v) is 3.83. The molecule has 0 fully saturated rings. The fourth-order valence-corrected chi connectivity index (χ4v) is 2.71. The fourth-order valence-electron chi connectivity index (χ4n) is 2.49. The number of fused-ring (bicyclic) bond motifs is 1. The standard InChI is InChI=1S/C17H11ClFNO2/c1-9-6-10(17(21)22)7-14-12(4-5-20-16(9)14)13-8-11(19)2-3-15(13)18/h2-8H,1H3,(H,21,22). The molecule has 22 heavy (non-hydrogen) atoms. The van der Waals surface area contributed by atoms with Gasteiger partial charge in [-0.25, -0.2) is 9.18 Å². The highest BCUT2D eigenvalue weighted by atomic mass is 35.5. The van der Waals surface area contributed by atoms with Gasteiger partial charge in [0.2, 0.25) is 0 Å². The second kappa shape index (κ2) is 5.39. The average molecular weight is 316 g/mol. The first-order valence-electron chi connectivity index (χ1n) is 6.55. The molecule has 2 aromatic carbocycles. The van der Waals surface area contributed by atoms with Gasteiger partial charge >= 0.3 is 5.97 Å². The van der Waals surface area contributed by atoms with E-state index in [-0.39, 0.29) is 5.56 Å². The molecule has 0 atom stereocenters. The van der Waals surface area contributed by atoms with Gasteiger partial charge in [0.05, 0.1) is 11.1 Å². The van der Waals surface area contributed by atoms with Crippen LogP contribution in [0.4, 0.5) is 4.39 Å². The van der Waals surface area contributed by atoms with Gasteiger partial charge in [-0.15, -0.1) is 0 Å². The van der Waals surface area contributed by atoms with E-state index in [1.807, 2.05) is 0 Å². The lowest BCUT2D eigenvalue weighted by Crippen LogP contribution is -1.98. The molecule has 110 valence electrons. The van der Waals surface area contributed by atoms with E-state index in [1.54, 1.807) is 25.3 Å². The van der Waals surface area contributed by atoms with Crippen LogP contribution >= 0.6 is 11.6 Å². The summed E-state index contributed by atoms with van der Waals surface area (Å²) in [6, 6.07) is 8.90. The summed E-state index contributed by atoms with van der Waals surface area (Å²) in [6.45, 7) is 1.79. The van der Waals surface area contributed by atoms with Crippen LogP contribution in [0, 0.1) is 12.7 Å². The van der Waals surface area contributed by atoms with Gasteiger partial charge < -0.3 is 5.11 Å². The summed E-state index contributed by atoms with van der Waals surface area (Å²) in [5.74, 6) is -1.43. The summed E-state index contributed by atoms with van der Waals surface area (Å²) in [5.41, 5.74) is 2.73. The van der Waals surface area contributed by atoms with E-state index in [0.717, 1.165) is 5.56 Å². The van der Waals surface area contributed by atoms with Gasteiger partial charge in [0, 0.05) is 22.2 Å². The monoisotopic (exact) mass is 315 g/mol. The molecule has 0 aliphatic rings. The van der Waals surface area contributed by atoms with E-state index in [2.05, 4.69) is 4.98 Å². The van der Waals surface area contributed by atoms with Gasteiger partial charge in [-0.2, -0.15) is 0 Å². The second-order valence-corrected chi connectivity index (χ2v) is 5.38. The van der Waals surface area contributed by atoms with Crippen molar-refractivity contribution in [1.82, 2.24) is 4.98 Å². The first kappa shape index (κ1) is 14.5. The number of benzene rings is 2. The number of aromatic nitrogens is 1. The van der Waals surface area contributed by atoms with Crippen molar-refractivity contribution in [2.75, 3.05) is 0 Å². The predicted molar refractivity (Wildman–Crippen MR) is 83.8 cm³/mol. The summed E-state index contributed by atoms with van der Waals surface area (Å²) < 4.78 is 13.6. The topological polar surface area (TPSA) is 50.2 Å². The Morgan fingerprint density at radius 1 is 1.18 bits per heavy atom. The Morgan fingerprint density at radius 2 is 1.95 bits per heavy atom. The van der Waals surface area contributed by atoms with Crippen LogP contribution in [-0.2, 0) is 0 Å². The van der Waals surface area contributed by atoms with Crippen LogP contribution in [0.3, 0.4) is 0 Å². The number of hydrogen-bond donors (Lipinski definition) is 1. The molecule has 1 heterocycles. The number of rotatable bonds is 2. The first-order chi connectivity index (χ1) is 10.5. The molecule has 0 saturated carbocycles. The Morgan fingerprint density at radius 3 is 2.68 bits per heavy atom. The van der Waals surface area contributed by atoms with Gasteiger partial charge in [-0.3, -0.25) is 4.98 Å². The molecule has 3 aromatic rings. The largest absolute Gasteiger partial charge is 0.478 e. The quantitative estimate of drug-likeness (QED) is 0.745. The highest BCUT2D eigenvalue weighted by Crippen LogP contribution is 2.34. The molecule has 0 bridgehead atoms. The molecule has 0 unspecified atom stereocenters. The van der Waals surface area contributed by atoms with Gasteiger partial charge in [0.15, 0.2) is 0 Å². The minimum atomic E-state index is -1.02. The molecule has 0 radical (unpaired) electrons. The summed E-state index contributed by atoms with van der Waals surface area (Å²) >= 11 is 6.17. The van der Waals surface area contributed by atoms with Crippen molar-refractivity contribution in [2.24, 2.45) is 0 Å². The van der Waals surface area contributed by atoms with E-state index in [9.17, 15) is 14.3 Å². The molecule has 1 aromatic heterocycles. The molecule has 0 spiro atoms. The van der Waals surface area contributed by atoms with Crippen molar-refractivity contribution in [2.45, 2.75) is 6.92 Å². The Bertz CT molecular complexity index is 909. The third kappa shape index (κ3) is 2.42. The molecule has 0 aliphatic carbocycles. The van der Waals surface area contributed by atoms with Crippen LogP contribution in [0.2, 0.25) is 5.02 Å². The van der Waals surface area contributed by atoms with Crippen LogP contribution in [0.5, 0.6) is 0 Å². The number of aromatic carboxylic acids is 1. The number of carbonyl (C=O) groups is 1. The normalized spacial score (nSPS) is 10.9. The maximum absolute atomic E-state index is 13.6. The first-order valence-corrected chi connectivity index (χ1v) is 6.93. The number of halogens is 2. The molecule has 0 saturated heterocycles. The van der Waals surface area contributed by atoms with Crippen molar-refractivity contribution < 1.29 is 14.3 Å². The van der Waals surface area contributed by atoms with Crippen molar-refractivity contribution >= 4 is 28.5 Å². The van der Waals surface area contributed by atoms with Crippen LogP contribution in [0.25, 0.3) is 22.0 Å². The van der Waals surface area contributed by atoms with E-state index in [1.165, 1.54) is 24.3 Å². The molecule has 3 nitrogen and oxygen atoms in total. The van der Waals surface area contributed by atoms with Crippen molar-refractivity contribution in [3.63, 3.8) is 0 Å². The molecular weight excluding hydrogens is 305 g/mol. The number of pyridine rings is 1. The molecule has 0 amide bonds.